The van der Waals surface area contributed by atoms with Gasteiger partial charge in [-0.05, 0) is 37.6 Å². The van der Waals surface area contributed by atoms with Gasteiger partial charge < -0.3 is 9.47 Å². The maximum Gasteiger partial charge on any atom is 0.274 e. The Bertz CT molecular complexity index is 862. The molecule has 2 heterocycles. The van der Waals surface area contributed by atoms with Crippen molar-refractivity contribution in [1.29, 1.82) is 0 Å². The second kappa shape index (κ2) is 7.11. The first kappa shape index (κ1) is 17.8. The number of hydrogen-bond donors (Lipinski definition) is 1. The molecule has 0 fully saturated rings. The van der Waals surface area contributed by atoms with Gasteiger partial charge in [0.2, 0.25) is 0 Å². The van der Waals surface area contributed by atoms with Crippen molar-refractivity contribution in [3.05, 3.63) is 47.0 Å². The second-order valence-electron chi connectivity index (χ2n) is 7.06. The van der Waals surface area contributed by atoms with Crippen LogP contribution in [0.3, 0.4) is 0 Å². The SMILES string of the molecule is Cc1ncc(C(=O)N/N=C\c2ccc3c(c2)OCC(C)(C)CO3)c(C)n1. The molecule has 1 aliphatic rings. The molecule has 136 valence electrons. The van der Waals surface area contributed by atoms with Gasteiger partial charge in [-0.2, -0.15) is 5.10 Å². The molecule has 2 aromatic rings. The molecular weight excluding hydrogens is 332 g/mol. The van der Waals surface area contributed by atoms with Crippen LogP contribution in [0.5, 0.6) is 11.5 Å². The minimum Gasteiger partial charge on any atom is -0.489 e. The number of rotatable bonds is 3. The van der Waals surface area contributed by atoms with Crippen molar-refractivity contribution in [1.82, 2.24) is 15.4 Å². The summed E-state index contributed by atoms with van der Waals surface area (Å²) in [7, 11) is 0. The summed E-state index contributed by atoms with van der Waals surface area (Å²) in [6.45, 7) is 8.89. The van der Waals surface area contributed by atoms with E-state index in [1.807, 2.05) is 18.2 Å². The van der Waals surface area contributed by atoms with Crippen LogP contribution in [-0.2, 0) is 0 Å². The zero-order chi connectivity index (χ0) is 18.7. The molecule has 0 aliphatic carbocycles. The number of fused-ring (bicyclic) bond motifs is 1. The van der Waals surface area contributed by atoms with Crippen LogP contribution in [0.15, 0.2) is 29.5 Å². The van der Waals surface area contributed by atoms with Crippen LogP contribution in [0.25, 0.3) is 0 Å². The van der Waals surface area contributed by atoms with Crippen LogP contribution in [0, 0.1) is 19.3 Å². The summed E-state index contributed by atoms with van der Waals surface area (Å²) in [5, 5.41) is 4.01. The van der Waals surface area contributed by atoms with E-state index in [4.69, 9.17) is 9.47 Å². The van der Waals surface area contributed by atoms with Gasteiger partial charge in [0.1, 0.15) is 5.82 Å². The molecule has 0 radical (unpaired) electrons. The van der Waals surface area contributed by atoms with Crippen molar-refractivity contribution in [3.8, 4) is 11.5 Å². The summed E-state index contributed by atoms with van der Waals surface area (Å²) in [5.74, 6) is 1.66. The van der Waals surface area contributed by atoms with Crippen LogP contribution >= 0.6 is 0 Å². The van der Waals surface area contributed by atoms with E-state index in [0.717, 1.165) is 5.56 Å². The largest absolute Gasteiger partial charge is 0.489 e. The van der Waals surface area contributed by atoms with Gasteiger partial charge in [0.05, 0.1) is 30.7 Å². The average molecular weight is 354 g/mol. The number of hydrogen-bond acceptors (Lipinski definition) is 6. The van der Waals surface area contributed by atoms with E-state index in [-0.39, 0.29) is 11.3 Å². The summed E-state index contributed by atoms with van der Waals surface area (Å²) in [4.78, 5) is 20.4. The molecule has 26 heavy (non-hydrogen) atoms. The molecule has 0 saturated carbocycles. The number of hydrazone groups is 1. The number of nitrogens with zero attached hydrogens (tertiary/aromatic N) is 3. The van der Waals surface area contributed by atoms with E-state index in [2.05, 4.69) is 34.3 Å². The summed E-state index contributed by atoms with van der Waals surface area (Å²) in [5.41, 5.74) is 4.25. The molecule has 1 aromatic carbocycles. The monoisotopic (exact) mass is 354 g/mol. The highest BCUT2D eigenvalue weighted by Gasteiger charge is 2.25. The maximum atomic E-state index is 12.2. The Hall–Kier alpha value is -2.96. The van der Waals surface area contributed by atoms with Gasteiger partial charge in [-0.15, -0.1) is 0 Å². The van der Waals surface area contributed by atoms with Crippen molar-refractivity contribution in [2.24, 2.45) is 10.5 Å². The number of carbonyl (C=O) groups is 1. The number of nitrogens with one attached hydrogen (secondary N) is 1. The summed E-state index contributed by atoms with van der Waals surface area (Å²) >= 11 is 0. The topological polar surface area (TPSA) is 85.7 Å². The molecule has 0 unspecified atom stereocenters. The van der Waals surface area contributed by atoms with E-state index < -0.39 is 0 Å². The standard InChI is InChI=1S/C19H22N4O3/c1-12-15(9-20-13(2)22-12)18(24)23-21-8-14-5-6-16-17(7-14)26-11-19(3,4)10-25-16/h5-9H,10-11H2,1-4H3,(H,23,24)/b21-8-. The quantitative estimate of drug-likeness (QED) is 0.676. The fraction of sp³-hybridized carbons (Fsp3) is 0.368. The van der Waals surface area contributed by atoms with Gasteiger partial charge in [0.15, 0.2) is 11.5 Å². The first-order chi connectivity index (χ1) is 12.3. The lowest BCUT2D eigenvalue weighted by atomic mass is 9.97. The highest BCUT2D eigenvalue weighted by molar-refractivity contribution is 5.95. The smallest absolute Gasteiger partial charge is 0.274 e. The van der Waals surface area contributed by atoms with Crippen LogP contribution in [0.2, 0.25) is 0 Å². The molecule has 0 spiro atoms. The lowest BCUT2D eigenvalue weighted by Crippen LogP contribution is -2.26. The van der Waals surface area contributed by atoms with Crippen molar-refractivity contribution in [2.45, 2.75) is 27.7 Å². The van der Waals surface area contributed by atoms with Crippen molar-refractivity contribution in [3.63, 3.8) is 0 Å². The number of benzene rings is 1. The Labute approximate surface area is 152 Å². The zero-order valence-corrected chi connectivity index (χ0v) is 15.4. The zero-order valence-electron chi connectivity index (χ0n) is 15.4. The van der Waals surface area contributed by atoms with Crippen LogP contribution < -0.4 is 14.9 Å². The lowest BCUT2D eigenvalue weighted by Gasteiger charge is -2.19. The third-order valence-electron chi connectivity index (χ3n) is 3.93. The predicted molar refractivity (Wildman–Crippen MR) is 97.8 cm³/mol. The molecule has 3 rings (SSSR count). The molecular formula is C19H22N4O3. The summed E-state index contributed by atoms with van der Waals surface area (Å²) < 4.78 is 11.6. The molecule has 1 aromatic heterocycles. The molecule has 1 N–H and O–H groups in total. The third kappa shape index (κ3) is 4.17. The highest BCUT2D eigenvalue weighted by Crippen LogP contribution is 2.33. The van der Waals surface area contributed by atoms with Crippen molar-refractivity contribution >= 4 is 12.1 Å². The van der Waals surface area contributed by atoms with Crippen LogP contribution in [-0.4, -0.2) is 35.3 Å². The van der Waals surface area contributed by atoms with Crippen molar-refractivity contribution < 1.29 is 14.3 Å². The number of aromatic nitrogens is 2. The first-order valence-corrected chi connectivity index (χ1v) is 8.37. The van der Waals surface area contributed by atoms with Gasteiger partial charge in [0, 0.05) is 11.6 Å². The van der Waals surface area contributed by atoms with Gasteiger partial charge in [-0.25, -0.2) is 15.4 Å². The molecule has 1 aliphatic heterocycles. The molecule has 7 heteroatoms. The summed E-state index contributed by atoms with van der Waals surface area (Å²) in [6, 6.07) is 5.54. The van der Waals surface area contributed by atoms with E-state index in [1.54, 1.807) is 20.1 Å². The Morgan fingerprint density at radius 2 is 1.96 bits per heavy atom. The van der Waals surface area contributed by atoms with Gasteiger partial charge in [-0.3, -0.25) is 4.79 Å². The Balaban J connectivity index is 1.68. The Morgan fingerprint density at radius 1 is 1.23 bits per heavy atom. The fourth-order valence-corrected chi connectivity index (χ4v) is 2.46. The molecule has 0 bridgehead atoms. The predicted octanol–water partition coefficient (Wildman–Crippen LogP) is 2.65. The Morgan fingerprint density at radius 3 is 2.69 bits per heavy atom. The van der Waals surface area contributed by atoms with Crippen molar-refractivity contribution in [2.75, 3.05) is 13.2 Å². The van der Waals surface area contributed by atoms with E-state index in [9.17, 15) is 4.79 Å². The summed E-state index contributed by atoms with van der Waals surface area (Å²) in [6.07, 6.45) is 3.06. The number of amides is 1. The highest BCUT2D eigenvalue weighted by atomic mass is 16.5. The maximum absolute atomic E-state index is 12.2. The molecule has 7 nitrogen and oxygen atoms in total. The normalized spacial score (nSPS) is 15.5. The molecule has 0 saturated heterocycles. The van der Waals surface area contributed by atoms with Gasteiger partial charge >= 0.3 is 0 Å². The van der Waals surface area contributed by atoms with E-state index in [1.165, 1.54) is 6.20 Å². The minimum absolute atomic E-state index is 0.0464. The average Bonchev–Trinajstić information content (AvgIpc) is 2.73. The fourth-order valence-electron chi connectivity index (χ4n) is 2.46. The van der Waals surface area contributed by atoms with Gasteiger partial charge in [-0.1, -0.05) is 13.8 Å². The van der Waals surface area contributed by atoms with Gasteiger partial charge in [0.25, 0.3) is 5.91 Å². The third-order valence-corrected chi connectivity index (χ3v) is 3.93. The first-order valence-electron chi connectivity index (χ1n) is 8.37. The van der Waals surface area contributed by atoms with E-state index in [0.29, 0.717) is 41.8 Å². The second-order valence-corrected chi connectivity index (χ2v) is 7.06. The Kier molecular flexibility index (Phi) is 4.88. The van der Waals surface area contributed by atoms with Crippen LogP contribution in [0.4, 0.5) is 0 Å². The minimum atomic E-state index is -0.352. The lowest BCUT2D eigenvalue weighted by molar-refractivity contribution is 0.0953. The number of ether oxygens (including phenoxy) is 2. The molecule has 1 amide bonds. The van der Waals surface area contributed by atoms with E-state index >= 15 is 0 Å². The van der Waals surface area contributed by atoms with Crippen LogP contribution in [0.1, 0.15) is 41.3 Å². The number of aryl methyl sites for hydroxylation is 2. The molecule has 0 atom stereocenters. The number of carbonyl (C=O) groups excluding carboxylic acids is 1.